The van der Waals surface area contributed by atoms with Crippen molar-refractivity contribution in [2.75, 3.05) is 26.2 Å². The maximum absolute atomic E-state index is 12.3. The van der Waals surface area contributed by atoms with Crippen LogP contribution in [0.3, 0.4) is 0 Å². The Labute approximate surface area is 195 Å². The molecule has 0 amide bonds. The second-order valence-electron chi connectivity index (χ2n) is 6.91. The van der Waals surface area contributed by atoms with Crippen LogP contribution < -0.4 is 20.1 Å². The molecule has 1 heterocycles. The highest BCUT2D eigenvalue weighted by Crippen LogP contribution is 2.28. The summed E-state index contributed by atoms with van der Waals surface area (Å²) >= 11 is 0. The Morgan fingerprint density at radius 2 is 1.83 bits per heavy atom. The van der Waals surface area contributed by atoms with E-state index in [4.69, 9.17) is 4.74 Å². The largest absolute Gasteiger partial charge is 0.488 e. The highest BCUT2D eigenvalue weighted by atomic mass is 127. The number of guanidine groups is 1. The Morgan fingerprint density at radius 3 is 2.53 bits per heavy atom. The van der Waals surface area contributed by atoms with E-state index in [-0.39, 0.29) is 41.5 Å². The number of halogens is 1. The van der Waals surface area contributed by atoms with Crippen LogP contribution in [0, 0.1) is 6.92 Å². The standard InChI is InChI=1S/C21H28N4O3S.HI/c1-3-22-21(24-15-18-14-17-6-4-5-7-20(17)28-18)23-12-13-25-29(26,27)19-10-8-16(2)9-11-19;/h4-11,18,25H,3,12-15H2,1-2H3,(H2,22,23,24);1H. The molecule has 1 unspecified atom stereocenters. The van der Waals surface area contributed by atoms with Crippen molar-refractivity contribution in [3.8, 4) is 5.75 Å². The molecule has 0 spiro atoms. The molecule has 7 nitrogen and oxygen atoms in total. The number of sulfonamides is 1. The number of nitrogens with one attached hydrogen (secondary N) is 3. The summed E-state index contributed by atoms with van der Waals surface area (Å²) in [4.78, 5) is 4.84. The van der Waals surface area contributed by atoms with Crippen molar-refractivity contribution in [3.63, 3.8) is 0 Å². The molecule has 1 aliphatic rings. The van der Waals surface area contributed by atoms with Gasteiger partial charge in [-0.05, 0) is 37.6 Å². The van der Waals surface area contributed by atoms with Gasteiger partial charge in [-0.3, -0.25) is 0 Å². The van der Waals surface area contributed by atoms with Crippen molar-refractivity contribution in [3.05, 3.63) is 59.7 Å². The fourth-order valence-corrected chi connectivity index (χ4v) is 4.09. The van der Waals surface area contributed by atoms with E-state index in [2.05, 4.69) is 26.4 Å². The minimum Gasteiger partial charge on any atom is -0.488 e. The van der Waals surface area contributed by atoms with Crippen molar-refractivity contribution in [1.82, 2.24) is 15.4 Å². The van der Waals surface area contributed by atoms with Crippen LogP contribution in [-0.4, -0.2) is 46.7 Å². The minimum absolute atomic E-state index is 0. The monoisotopic (exact) mass is 544 g/mol. The normalized spacial score (nSPS) is 15.7. The summed E-state index contributed by atoms with van der Waals surface area (Å²) in [5.74, 6) is 1.57. The molecule has 3 rings (SSSR count). The van der Waals surface area contributed by atoms with Gasteiger partial charge in [0, 0.05) is 26.1 Å². The van der Waals surface area contributed by atoms with Gasteiger partial charge in [0.1, 0.15) is 11.9 Å². The summed E-state index contributed by atoms with van der Waals surface area (Å²) in [6.07, 6.45) is 0.859. The van der Waals surface area contributed by atoms with Crippen molar-refractivity contribution >= 4 is 40.0 Å². The third-order valence-electron chi connectivity index (χ3n) is 4.55. The highest BCUT2D eigenvalue weighted by Gasteiger charge is 2.22. The first kappa shape index (κ1) is 24.4. The lowest BCUT2D eigenvalue weighted by molar-refractivity contribution is 0.241. The fraction of sp³-hybridized carbons (Fsp3) is 0.381. The molecule has 1 aliphatic heterocycles. The average Bonchev–Trinajstić information content (AvgIpc) is 3.12. The number of hydrogen-bond acceptors (Lipinski definition) is 4. The third-order valence-corrected chi connectivity index (χ3v) is 6.03. The van der Waals surface area contributed by atoms with Gasteiger partial charge >= 0.3 is 0 Å². The first-order valence-electron chi connectivity index (χ1n) is 9.81. The van der Waals surface area contributed by atoms with Crippen LogP contribution in [-0.2, 0) is 16.4 Å². The zero-order chi connectivity index (χ0) is 20.7. The van der Waals surface area contributed by atoms with Crippen molar-refractivity contribution in [1.29, 1.82) is 0 Å². The SMILES string of the molecule is CCNC(=NCC1Cc2ccccc2O1)NCCNS(=O)(=O)c1ccc(C)cc1.I. The number of fused-ring (bicyclic) bond motifs is 1. The van der Waals surface area contributed by atoms with Crippen LogP contribution in [0.4, 0.5) is 0 Å². The van der Waals surface area contributed by atoms with Gasteiger partial charge in [0.25, 0.3) is 0 Å². The second kappa shape index (κ2) is 11.5. The first-order valence-corrected chi connectivity index (χ1v) is 11.3. The van der Waals surface area contributed by atoms with E-state index in [1.165, 1.54) is 5.56 Å². The number of benzene rings is 2. The van der Waals surface area contributed by atoms with Crippen LogP contribution in [0.2, 0.25) is 0 Å². The summed E-state index contributed by atoms with van der Waals surface area (Å²) in [7, 11) is -3.51. The molecule has 30 heavy (non-hydrogen) atoms. The quantitative estimate of drug-likeness (QED) is 0.206. The smallest absolute Gasteiger partial charge is 0.240 e. The average molecular weight is 544 g/mol. The Morgan fingerprint density at radius 1 is 1.10 bits per heavy atom. The topological polar surface area (TPSA) is 91.8 Å². The van der Waals surface area contributed by atoms with E-state index < -0.39 is 10.0 Å². The molecule has 0 bridgehead atoms. The van der Waals surface area contributed by atoms with Crippen LogP contribution in [0.1, 0.15) is 18.1 Å². The summed E-state index contributed by atoms with van der Waals surface area (Å²) in [5.41, 5.74) is 2.22. The van der Waals surface area contributed by atoms with Gasteiger partial charge in [-0.25, -0.2) is 18.1 Å². The zero-order valence-corrected chi connectivity index (χ0v) is 20.4. The van der Waals surface area contributed by atoms with E-state index in [0.717, 1.165) is 17.7 Å². The predicted octanol–water partition coefficient (Wildman–Crippen LogP) is 2.45. The first-order chi connectivity index (χ1) is 14.0. The number of hydrogen-bond donors (Lipinski definition) is 3. The Kier molecular flexibility index (Phi) is 9.37. The molecule has 1 atom stereocenters. The second-order valence-corrected chi connectivity index (χ2v) is 8.68. The molecule has 3 N–H and O–H groups in total. The molecule has 0 aliphatic carbocycles. The lowest BCUT2D eigenvalue weighted by Crippen LogP contribution is -2.42. The maximum atomic E-state index is 12.3. The van der Waals surface area contributed by atoms with Crippen LogP contribution in [0.15, 0.2) is 58.4 Å². The predicted molar refractivity (Wildman–Crippen MR) is 130 cm³/mol. The molecule has 0 fully saturated rings. The van der Waals surface area contributed by atoms with Gasteiger partial charge < -0.3 is 15.4 Å². The van der Waals surface area contributed by atoms with Crippen molar-refractivity contribution in [2.45, 2.75) is 31.3 Å². The number of para-hydroxylation sites is 1. The molecule has 9 heteroatoms. The molecule has 0 aromatic heterocycles. The summed E-state index contributed by atoms with van der Waals surface area (Å²) in [6, 6.07) is 14.8. The summed E-state index contributed by atoms with van der Waals surface area (Å²) in [6.45, 7) is 5.82. The van der Waals surface area contributed by atoms with E-state index in [1.54, 1.807) is 24.3 Å². The lowest BCUT2D eigenvalue weighted by Gasteiger charge is -2.14. The molecule has 2 aromatic carbocycles. The van der Waals surface area contributed by atoms with Crippen LogP contribution in [0.5, 0.6) is 5.75 Å². The van der Waals surface area contributed by atoms with E-state index in [9.17, 15) is 8.42 Å². The Hall–Kier alpha value is -1.85. The molecular formula is C21H29IN4O3S. The summed E-state index contributed by atoms with van der Waals surface area (Å²) < 4.78 is 33.2. The number of ether oxygens (including phenoxy) is 1. The van der Waals surface area contributed by atoms with Gasteiger partial charge in [0.05, 0.1) is 11.4 Å². The highest BCUT2D eigenvalue weighted by molar-refractivity contribution is 14.0. The van der Waals surface area contributed by atoms with Gasteiger partial charge in [-0.15, -0.1) is 24.0 Å². The molecule has 0 radical (unpaired) electrons. The number of nitrogens with zero attached hydrogens (tertiary/aromatic N) is 1. The summed E-state index contributed by atoms with van der Waals surface area (Å²) in [5, 5.41) is 6.32. The van der Waals surface area contributed by atoms with E-state index >= 15 is 0 Å². The molecule has 2 aromatic rings. The minimum atomic E-state index is -3.51. The molecule has 0 saturated heterocycles. The van der Waals surface area contributed by atoms with Gasteiger partial charge in [0.2, 0.25) is 10.0 Å². The number of rotatable bonds is 8. The van der Waals surface area contributed by atoms with Crippen LogP contribution >= 0.6 is 24.0 Å². The molecular weight excluding hydrogens is 515 g/mol. The lowest BCUT2D eigenvalue weighted by atomic mass is 10.1. The van der Waals surface area contributed by atoms with Crippen molar-refractivity contribution in [2.24, 2.45) is 4.99 Å². The van der Waals surface area contributed by atoms with Gasteiger partial charge in [-0.2, -0.15) is 0 Å². The molecule has 0 saturated carbocycles. The van der Waals surface area contributed by atoms with Crippen molar-refractivity contribution < 1.29 is 13.2 Å². The van der Waals surface area contributed by atoms with E-state index in [1.807, 2.05) is 32.0 Å². The van der Waals surface area contributed by atoms with Gasteiger partial charge in [0.15, 0.2) is 5.96 Å². The fourth-order valence-electron chi connectivity index (χ4n) is 3.06. The third kappa shape index (κ3) is 6.85. The van der Waals surface area contributed by atoms with Gasteiger partial charge in [-0.1, -0.05) is 35.9 Å². The number of aliphatic imine (C=N–C) groups is 1. The zero-order valence-electron chi connectivity index (χ0n) is 17.2. The van der Waals surface area contributed by atoms with E-state index in [0.29, 0.717) is 25.6 Å². The van der Waals surface area contributed by atoms with Crippen LogP contribution in [0.25, 0.3) is 0 Å². The Balaban J connectivity index is 0.00000320. The Bertz CT molecular complexity index is 924. The maximum Gasteiger partial charge on any atom is 0.240 e. The number of aryl methyl sites for hydroxylation is 1. The molecule has 164 valence electrons.